The van der Waals surface area contributed by atoms with E-state index in [1.165, 1.54) is 0 Å². The molecule has 8 nitrogen and oxygen atoms in total. The van der Waals surface area contributed by atoms with E-state index in [0.29, 0.717) is 39.1 Å². The van der Waals surface area contributed by atoms with Gasteiger partial charge in [-0.2, -0.15) is 0 Å². The molecule has 1 aliphatic rings. The maximum atomic E-state index is 12.5. The Balaban J connectivity index is 2.44. The van der Waals surface area contributed by atoms with Crippen LogP contribution in [0.15, 0.2) is 0 Å². The lowest BCUT2D eigenvalue weighted by molar-refractivity contribution is -0.141. The third kappa shape index (κ3) is 6.53. The molecule has 0 aromatic carbocycles. The van der Waals surface area contributed by atoms with Crippen LogP contribution < -0.4 is 10.6 Å². The molecule has 0 radical (unpaired) electrons. The summed E-state index contributed by atoms with van der Waals surface area (Å²) in [5.74, 6) is -0.569. The summed E-state index contributed by atoms with van der Waals surface area (Å²) in [6, 6.07) is -0.0352. The number of piperidine rings is 1. The molecule has 1 fully saturated rings. The number of amides is 3. The van der Waals surface area contributed by atoms with Crippen LogP contribution in [0.2, 0.25) is 0 Å². The SMILES string of the molecule is CCOC(=O)N1CCC(NC(=O)C(C)(C)C(=O)NCCN(C)C)CC1. The second-order valence-corrected chi connectivity index (χ2v) is 7.12. The fourth-order valence-electron chi connectivity index (χ4n) is 2.50. The minimum absolute atomic E-state index is 0.0352. The maximum absolute atomic E-state index is 12.5. The highest BCUT2D eigenvalue weighted by Crippen LogP contribution is 2.18. The van der Waals surface area contributed by atoms with E-state index in [-0.39, 0.29) is 23.9 Å². The third-order valence-electron chi connectivity index (χ3n) is 4.34. The number of likely N-dealkylation sites (N-methyl/N-ethyl adjacent to an activating group) is 1. The Morgan fingerprint density at radius 3 is 2.28 bits per heavy atom. The number of hydrogen-bond acceptors (Lipinski definition) is 5. The number of nitrogens with zero attached hydrogens (tertiary/aromatic N) is 2. The summed E-state index contributed by atoms with van der Waals surface area (Å²) in [4.78, 5) is 40.1. The van der Waals surface area contributed by atoms with Crippen molar-refractivity contribution in [2.24, 2.45) is 5.41 Å². The van der Waals surface area contributed by atoms with Crippen LogP contribution in [-0.2, 0) is 14.3 Å². The summed E-state index contributed by atoms with van der Waals surface area (Å²) in [7, 11) is 3.85. The van der Waals surface area contributed by atoms with Crippen LogP contribution >= 0.6 is 0 Å². The topological polar surface area (TPSA) is 91.0 Å². The molecule has 1 aliphatic heterocycles. The summed E-state index contributed by atoms with van der Waals surface area (Å²) in [5.41, 5.74) is -1.13. The van der Waals surface area contributed by atoms with Crippen LogP contribution in [0.3, 0.4) is 0 Å². The largest absolute Gasteiger partial charge is 0.450 e. The maximum Gasteiger partial charge on any atom is 0.409 e. The second kappa shape index (κ2) is 9.60. The molecule has 8 heteroatoms. The van der Waals surface area contributed by atoms with E-state index in [4.69, 9.17) is 4.74 Å². The summed E-state index contributed by atoms with van der Waals surface area (Å²) < 4.78 is 4.98. The van der Waals surface area contributed by atoms with E-state index in [2.05, 4.69) is 10.6 Å². The Labute approximate surface area is 150 Å². The van der Waals surface area contributed by atoms with Gasteiger partial charge in [-0.1, -0.05) is 0 Å². The zero-order chi connectivity index (χ0) is 19.0. The zero-order valence-electron chi connectivity index (χ0n) is 16.1. The van der Waals surface area contributed by atoms with Gasteiger partial charge in [-0.25, -0.2) is 4.79 Å². The molecule has 3 amide bonds. The smallest absolute Gasteiger partial charge is 0.409 e. The van der Waals surface area contributed by atoms with E-state index < -0.39 is 5.41 Å². The molecular formula is C17H32N4O4. The van der Waals surface area contributed by atoms with Crippen molar-refractivity contribution in [3.05, 3.63) is 0 Å². The number of carbonyl (C=O) groups is 3. The zero-order valence-corrected chi connectivity index (χ0v) is 16.1. The van der Waals surface area contributed by atoms with Crippen molar-refractivity contribution in [3.63, 3.8) is 0 Å². The summed E-state index contributed by atoms with van der Waals surface area (Å²) in [6.07, 6.45) is 0.999. The van der Waals surface area contributed by atoms with Crippen molar-refractivity contribution < 1.29 is 19.1 Å². The standard InChI is InChI=1S/C17H32N4O4/c1-6-25-16(24)21-10-7-13(8-11-21)19-15(23)17(2,3)14(22)18-9-12-20(4)5/h13H,6-12H2,1-5H3,(H,18,22)(H,19,23). The third-order valence-corrected chi connectivity index (χ3v) is 4.34. The first kappa shape index (κ1) is 21.2. The highest BCUT2D eigenvalue weighted by molar-refractivity contribution is 6.04. The quantitative estimate of drug-likeness (QED) is 0.646. The molecule has 0 spiro atoms. The van der Waals surface area contributed by atoms with E-state index in [1.54, 1.807) is 25.7 Å². The number of likely N-dealkylation sites (tertiary alicyclic amines) is 1. The molecule has 0 bridgehead atoms. The normalized spacial score (nSPS) is 15.8. The van der Waals surface area contributed by atoms with Gasteiger partial charge in [0.25, 0.3) is 0 Å². The molecule has 2 N–H and O–H groups in total. The molecule has 1 saturated heterocycles. The van der Waals surface area contributed by atoms with E-state index in [9.17, 15) is 14.4 Å². The van der Waals surface area contributed by atoms with Gasteiger partial charge in [-0.05, 0) is 47.7 Å². The van der Waals surface area contributed by atoms with Crippen molar-refractivity contribution in [2.75, 3.05) is 46.9 Å². The van der Waals surface area contributed by atoms with Gasteiger partial charge in [-0.15, -0.1) is 0 Å². The lowest BCUT2D eigenvalue weighted by atomic mass is 9.90. The molecule has 0 aliphatic carbocycles. The first-order valence-electron chi connectivity index (χ1n) is 8.84. The predicted molar refractivity (Wildman–Crippen MR) is 95.1 cm³/mol. The molecule has 1 heterocycles. The van der Waals surface area contributed by atoms with Gasteiger partial charge in [0.1, 0.15) is 5.41 Å². The van der Waals surface area contributed by atoms with Crippen LogP contribution in [0, 0.1) is 5.41 Å². The fraction of sp³-hybridized carbons (Fsp3) is 0.824. The molecule has 144 valence electrons. The molecule has 1 rings (SSSR count). The van der Waals surface area contributed by atoms with Gasteiger partial charge >= 0.3 is 6.09 Å². The Bertz CT molecular complexity index is 471. The van der Waals surface area contributed by atoms with Crippen LogP contribution in [0.25, 0.3) is 0 Å². The number of nitrogens with one attached hydrogen (secondary N) is 2. The molecule has 0 aromatic heterocycles. The molecular weight excluding hydrogens is 324 g/mol. The predicted octanol–water partition coefficient (Wildman–Crippen LogP) is 0.428. The lowest BCUT2D eigenvalue weighted by Gasteiger charge is -2.33. The summed E-state index contributed by atoms with van der Waals surface area (Å²) >= 11 is 0. The minimum atomic E-state index is -1.13. The number of hydrogen-bond donors (Lipinski definition) is 2. The van der Waals surface area contributed by atoms with Gasteiger partial charge < -0.3 is 25.2 Å². The van der Waals surface area contributed by atoms with Gasteiger partial charge in [0.05, 0.1) is 6.61 Å². The van der Waals surface area contributed by atoms with Gasteiger partial charge in [0.2, 0.25) is 11.8 Å². The van der Waals surface area contributed by atoms with Crippen molar-refractivity contribution in [3.8, 4) is 0 Å². The average Bonchev–Trinajstić information content (AvgIpc) is 2.55. The number of rotatable bonds is 7. The van der Waals surface area contributed by atoms with Crippen LogP contribution in [0.1, 0.15) is 33.6 Å². The minimum Gasteiger partial charge on any atom is -0.450 e. The second-order valence-electron chi connectivity index (χ2n) is 7.12. The summed E-state index contributed by atoms with van der Waals surface area (Å²) in [5, 5.41) is 5.74. The molecule has 0 saturated carbocycles. The number of carbonyl (C=O) groups excluding carboxylic acids is 3. The van der Waals surface area contributed by atoms with Crippen molar-refractivity contribution in [1.82, 2.24) is 20.4 Å². The van der Waals surface area contributed by atoms with Crippen LogP contribution in [-0.4, -0.2) is 80.6 Å². The van der Waals surface area contributed by atoms with Crippen molar-refractivity contribution in [1.29, 1.82) is 0 Å². The highest BCUT2D eigenvalue weighted by atomic mass is 16.6. The summed E-state index contributed by atoms with van der Waals surface area (Å²) in [6.45, 7) is 7.68. The van der Waals surface area contributed by atoms with Crippen molar-refractivity contribution in [2.45, 2.75) is 39.7 Å². The van der Waals surface area contributed by atoms with E-state index >= 15 is 0 Å². The molecule has 0 atom stereocenters. The van der Waals surface area contributed by atoms with E-state index in [0.717, 1.165) is 6.54 Å². The first-order chi connectivity index (χ1) is 11.7. The highest BCUT2D eigenvalue weighted by Gasteiger charge is 2.37. The van der Waals surface area contributed by atoms with Gasteiger partial charge in [-0.3, -0.25) is 9.59 Å². The van der Waals surface area contributed by atoms with Gasteiger partial charge in [0, 0.05) is 32.2 Å². The first-order valence-corrected chi connectivity index (χ1v) is 8.84. The lowest BCUT2D eigenvalue weighted by Crippen LogP contribution is -2.53. The fourth-order valence-corrected chi connectivity index (χ4v) is 2.50. The Hall–Kier alpha value is -1.83. The van der Waals surface area contributed by atoms with Crippen molar-refractivity contribution >= 4 is 17.9 Å². The molecule has 25 heavy (non-hydrogen) atoms. The Morgan fingerprint density at radius 2 is 1.76 bits per heavy atom. The number of ether oxygens (including phenoxy) is 1. The van der Waals surface area contributed by atoms with E-state index in [1.807, 2.05) is 19.0 Å². The monoisotopic (exact) mass is 356 g/mol. The molecule has 0 unspecified atom stereocenters. The average molecular weight is 356 g/mol. The van der Waals surface area contributed by atoms with Crippen LogP contribution in [0.4, 0.5) is 4.79 Å². The Morgan fingerprint density at radius 1 is 1.16 bits per heavy atom. The van der Waals surface area contributed by atoms with Crippen LogP contribution in [0.5, 0.6) is 0 Å². The Kier molecular flexibility index (Phi) is 8.15. The molecule has 0 aromatic rings. The van der Waals surface area contributed by atoms with Gasteiger partial charge in [0.15, 0.2) is 0 Å².